The number of unbranched alkanes of at least 4 members (excludes halogenated alkanes) is 2. The molecule has 0 aliphatic carbocycles. The Bertz CT molecular complexity index is 136. The molecule has 0 unspecified atom stereocenters. The Kier molecular flexibility index (Phi) is 3.20. The molecule has 1 saturated heterocycles. The zero-order chi connectivity index (χ0) is 8.10. The fourth-order valence-electron chi connectivity index (χ4n) is 1.15. The second-order valence-corrected chi connectivity index (χ2v) is 2.77. The van der Waals surface area contributed by atoms with E-state index in [-0.39, 0.29) is 6.03 Å². The van der Waals surface area contributed by atoms with Crippen LogP contribution in [-0.4, -0.2) is 24.0 Å². The number of rotatable bonds is 4. The lowest BCUT2D eigenvalue weighted by Crippen LogP contribution is -2.27. The van der Waals surface area contributed by atoms with Crippen LogP contribution in [0.2, 0.25) is 0 Å². The van der Waals surface area contributed by atoms with E-state index in [0.717, 1.165) is 13.0 Å². The number of hydrogen-bond acceptors (Lipinski definition) is 1. The second-order valence-electron chi connectivity index (χ2n) is 2.77. The van der Waals surface area contributed by atoms with Crippen LogP contribution in [0, 0.1) is 6.54 Å². The van der Waals surface area contributed by atoms with Gasteiger partial charge in [0, 0.05) is 13.1 Å². The van der Waals surface area contributed by atoms with Gasteiger partial charge in [0.1, 0.15) is 0 Å². The third kappa shape index (κ3) is 2.41. The van der Waals surface area contributed by atoms with Crippen LogP contribution in [0.1, 0.15) is 26.2 Å². The average molecular weight is 155 g/mol. The Balaban J connectivity index is 2.10. The number of nitrogens with one attached hydrogen (secondary N) is 1. The normalized spacial score (nSPS) is 17.2. The van der Waals surface area contributed by atoms with Crippen molar-refractivity contribution in [2.75, 3.05) is 13.1 Å². The summed E-state index contributed by atoms with van der Waals surface area (Å²) in [5.74, 6) is 0. The molecule has 0 atom stereocenters. The number of hydrogen-bond donors (Lipinski definition) is 1. The lowest BCUT2D eigenvalue weighted by Gasteiger charge is -2.12. The van der Waals surface area contributed by atoms with E-state index in [1.54, 1.807) is 4.90 Å². The SMILES string of the molecule is CCCCCN1[CH]CNC1=O. The van der Waals surface area contributed by atoms with E-state index in [9.17, 15) is 4.79 Å². The van der Waals surface area contributed by atoms with E-state index in [4.69, 9.17) is 0 Å². The van der Waals surface area contributed by atoms with Crippen molar-refractivity contribution in [3.05, 3.63) is 6.54 Å². The molecule has 1 radical (unpaired) electrons. The summed E-state index contributed by atoms with van der Waals surface area (Å²) in [6, 6.07) is 0.0566. The average Bonchev–Trinajstić information content (AvgIpc) is 2.37. The van der Waals surface area contributed by atoms with Crippen LogP contribution in [0.3, 0.4) is 0 Å². The molecule has 2 amide bonds. The molecule has 0 aromatic carbocycles. The molecule has 0 aromatic heterocycles. The Hall–Kier alpha value is -0.730. The van der Waals surface area contributed by atoms with E-state index < -0.39 is 0 Å². The van der Waals surface area contributed by atoms with Crippen molar-refractivity contribution in [1.82, 2.24) is 10.2 Å². The molecule has 1 rings (SSSR count). The predicted molar refractivity (Wildman–Crippen MR) is 43.9 cm³/mol. The van der Waals surface area contributed by atoms with Gasteiger partial charge in [-0.25, -0.2) is 4.79 Å². The van der Waals surface area contributed by atoms with Gasteiger partial charge >= 0.3 is 6.03 Å². The number of amides is 2. The van der Waals surface area contributed by atoms with Gasteiger partial charge in [0.25, 0.3) is 0 Å². The van der Waals surface area contributed by atoms with Gasteiger partial charge in [0.15, 0.2) is 0 Å². The maximum absolute atomic E-state index is 11.0. The lowest BCUT2D eigenvalue weighted by molar-refractivity contribution is 0.222. The molecule has 0 saturated carbocycles. The predicted octanol–water partition coefficient (Wildman–Crippen LogP) is 1.36. The van der Waals surface area contributed by atoms with Crippen molar-refractivity contribution < 1.29 is 4.79 Å². The molecule has 1 aliphatic heterocycles. The number of nitrogens with zero attached hydrogens (tertiary/aromatic N) is 1. The minimum absolute atomic E-state index is 0.0566. The zero-order valence-corrected chi connectivity index (χ0v) is 6.97. The van der Waals surface area contributed by atoms with E-state index in [1.807, 2.05) is 6.54 Å². The first-order valence-electron chi connectivity index (χ1n) is 4.22. The molecule has 11 heavy (non-hydrogen) atoms. The zero-order valence-electron chi connectivity index (χ0n) is 6.97. The monoisotopic (exact) mass is 155 g/mol. The van der Waals surface area contributed by atoms with Gasteiger partial charge in [-0.2, -0.15) is 0 Å². The van der Waals surface area contributed by atoms with E-state index in [0.29, 0.717) is 6.54 Å². The molecule has 0 bridgehead atoms. The number of carbonyl (C=O) groups excluding carboxylic acids is 1. The second kappa shape index (κ2) is 4.21. The molecule has 3 nitrogen and oxygen atoms in total. The summed E-state index contributed by atoms with van der Waals surface area (Å²) in [6.45, 7) is 5.65. The van der Waals surface area contributed by atoms with Crippen LogP contribution in [0.15, 0.2) is 0 Å². The van der Waals surface area contributed by atoms with Crippen LogP contribution in [0.4, 0.5) is 4.79 Å². The Morgan fingerprint density at radius 1 is 1.64 bits per heavy atom. The van der Waals surface area contributed by atoms with Crippen LogP contribution >= 0.6 is 0 Å². The van der Waals surface area contributed by atoms with Gasteiger partial charge < -0.3 is 10.2 Å². The molecule has 1 fully saturated rings. The first-order valence-corrected chi connectivity index (χ1v) is 4.22. The van der Waals surface area contributed by atoms with Crippen molar-refractivity contribution >= 4 is 6.03 Å². The van der Waals surface area contributed by atoms with Gasteiger partial charge in [-0.15, -0.1) is 0 Å². The highest BCUT2D eigenvalue weighted by Gasteiger charge is 2.18. The summed E-state index contributed by atoms with van der Waals surface area (Å²) in [5, 5.41) is 2.73. The van der Waals surface area contributed by atoms with Crippen LogP contribution in [-0.2, 0) is 0 Å². The summed E-state index contributed by atoms with van der Waals surface area (Å²) in [4.78, 5) is 12.7. The molecule has 0 aromatic rings. The summed E-state index contributed by atoms with van der Waals surface area (Å²) < 4.78 is 0. The van der Waals surface area contributed by atoms with Gasteiger partial charge in [-0.05, 0) is 6.42 Å². The van der Waals surface area contributed by atoms with Gasteiger partial charge in [-0.3, -0.25) is 0 Å². The highest BCUT2D eigenvalue weighted by Crippen LogP contribution is 2.04. The van der Waals surface area contributed by atoms with E-state index >= 15 is 0 Å². The molecule has 3 heteroatoms. The quantitative estimate of drug-likeness (QED) is 0.611. The van der Waals surface area contributed by atoms with Crippen molar-refractivity contribution in [3.63, 3.8) is 0 Å². The third-order valence-electron chi connectivity index (χ3n) is 1.83. The topological polar surface area (TPSA) is 32.3 Å². The smallest absolute Gasteiger partial charge is 0.317 e. The maximum Gasteiger partial charge on any atom is 0.317 e. The molecule has 1 aliphatic rings. The van der Waals surface area contributed by atoms with Gasteiger partial charge in [-0.1, -0.05) is 19.8 Å². The fourth-order valence-corrected chi connectivity index (χ4v) is 1.15. The highest BCUT2D eigenvalue weighted by atomic mass is 16.2. The fraction of sp³-hybridized carbons (Fsp3) is 0.750. The Morgan fingerprint density at radius 3 is 3.00 bits per heavy atom. The summed E-state index contributed by atoms with van der Waals surface area (Å²) >= 11 is 0. The van der Waals surface area contributed by atoms with E-state index in [1.165, 1.54) is 12.8 Å². The minimum atomic E-state index is 0.0566. The lowest BCUT2D eigenvalue weighted by atomic mass is 10.2. The summed E-state index contributed by atoms with van der Waals surface area (Å²) in [5.41, 5.74) is 0. The van der Waals surface area contributed by atoms with Crippen LogP contribution in [0.25, 0.3) is 0 Å². The van der Waals surface area contributed by atoms with Crippen molar-refractivity contribution in [2.24, 2.45) is 0 Å². The molecule has 1 N–H and O–H groups in total. The number of urea groups is 1. The Labute approximate surface area is 67.8 Å². The number of carbonyl (C=O) groups is 1. The minimum Gasteiger partial charge on any atom is -0.336 e. The highest BCUT2D eigenvalue weighted by molar-refractivity contribution is 5.77. The maximum atomic E-state index is 11.0. The summed E-state index contributed by atoms with van der Waals surface area (Å²) in [7, 11) is 0. The largest absolute Gasteiger partial charge is 0.336 e. The molecular formula is C8H15N2O. The van der Waals surface area contributed by atoms with Crippen LogP contribution in [0.5, 0.6) is 0 Å². The van der Waals surface area contributed by atoms with Crippen LogP contribution < -0.4 is 5.32 Å². The Morgan fingerprint density at radius 2 is 2.45 bits per heavy atom. The van der Waals surface area contributed by atoms with E-state index in [2.05, 4.69) is 12.2 Å². The standard InChI is InChI=1S/C8H15N2O/c1-2-3-4-6-10-7-5-9-8(10)11/h7H,2-6H2,1H3,(H,9,11). The third-order valence-corrected chi connectivity index (χ3v) is 1.83. The first-order chi connectivity index (χ1) is 5.34. The van der Waals surface area contributed by atoms with Crippen molar-refractivity contribution in [1.29, 1.82) is 0 Å². The van der Waals surface area contributed by atoms with Crippen molar-refractivity contribution in [3.8, 4) is 0 Å². The molecule has 1 heterocycles. The first kappa shape index (κ1) is 8.37. The van der Waals surface area contributed by atoms with Gasteiger partial charge in [0.05, 0.1) is 6.54 Å². The molecule has 63 valence electrons. The molecular weight excluding hydrogens is 140 g/mol. The van der Waals surface area contributed by atoms with Crippen molar-refractivity contribution in [2.45, 2.75) is 26.2 Å². The summed E-state index contributed by atoms with van der Waals surface area (Å²) in [6.07, 6.45) is 3.52. The van der Waals surface area contributed by atoms with Gasteiger partial charge in [0.2, 0.25) is 0 Å². The molecule has 0 spiro atoms.